The van der Waals surface area contributed by atoms with Crippen LogP contribution in [0.4, 0.5) is 0 Å². The van der Waals surface area contributed by atoms with Crippen LogP contribution in [0.1, 0.15) is 54.2 Å². The van der Waals surface area contributed by atoms with Gasteiger partial charge in [0, 0.05) is 40.9 Å². The van der Waals surface area contributed by atoms with Crippen molar-refractivity contribution < 1.29 is 24.4 Å². The molecular weight excluding hydrogens is 879 g/mol. The highest BCUT2D eigenvalue weighted by atomic mass is 16.5. The van der Waals surface area contributed by atoms with E-state index in [1.165, 1.54) is 0 Å². The van der Waals surface area contributed by atoms with Crippen LogP contribution in [-0.4, -0.2) is 18.7 Å². The molecule has 0 spiro atoms. The van der Waals surface area contributed by atoms with E-state index in [-0.39, 0.29) is 33.4 Å². The minimum Gasteiger partial charge on any atom is -0.458 e. The smallest absolute Gasteiger partial charge is 0.269 e. The summed E-state index contributed by atoms with van der Waals surface area (Å²) in [6.07, 6.45) is 5.24. The largest absolute Gasteiger partial charge is 0.458 e. The molecule has 1 atom stereocenters. The van der Waals surface area contributed by atoms with E-state index in [1.54, 1.807) is 33.5 Å². The second kappa shape index (κ2) is 17.1. The minimum atomic E-state index is -0.950. The van der Waals surface area contributed by atoms with Crippen molar-refractivity contribution in [1.82, 2.24) is 18.7 Å². The number of hydrogen-bond donors (Lipinski definition) is 0. The molecule has 0 bridgehead atoms. The maximum atomic E-state index is 9.57. The summed E-state index contributed by atoms with van der Waals surface area (Å²) < 4.78 is 112. The fourth-order valence-corrected chi connectivity index (χ4v) is 10.0. The van der Waals surface area contributed by atoms with Crippen molar-refractivity contribution in [3.05, 3.63) is 242 Å². The highest BCUT2D eigenvalue weighted by molar-refractivity contribution is 6.12. The van der Waals surface area contributed by atoms with Crippen LogP contribution >= 0.6 is 0 Å². The molecule has 72 heavy (non-hydrogen) atoms. The Bertz CT molecular complexity index is 4680. The number of benzene rings is 9. The van der Waals surface area contributed by atoms with Crippen LogP contribution in [-0.2, 0) is 0 Å². The van der Waals surface area contributed by atoms with Crippen LogP contribution in [0, 0.1) is 11.7 Å². The van der Waals surface area contributed by atoms with Gasteiger partial charge in [0.2, 0.25) is 0 Å². The quantitative estimate of drug-likeness (QED) is 0.107. The van der Waals surface area contributed by atoms with Crippen molar-refractivity contribution in [2.45, 2.75) is 33.6 Å². The highest BCUT2D eigenvalue weighted by Crippen LogP contribution is 2.41. The lowest BCUT2D eigenvalue weighted by molar-refractivity contribution is -0.571. The molecule has 0 radical (unpaired) electrons. The molecular formula is C66H51N5O. The van der Waals surface area contributed by atoms with Crippen molar-refractivity contribution in [2.24, 2.45) is 5.41 Å². The molecule has 13 rings (SSSR count). The molecule has 0 fully saturated rings. The zero-order valence-corrected chi connectivity index (χ0v) is 39.8. The van der Waals surface area contributed by atoms with E-state index in [0.29, 0.717) is 34.0 Å². The summed E-state index contributed by atoms with van der Waals surface area (Å²) in [6, 6.07) is 47.6. The molecule has 4 aromatic heterocycles. The Kier molecular flexibility index (Phi) is 7.80. The van der Waals surface area contributed by atoms with Gasteiger partial charge < -0.3 is 9.30 Å². The van der Waals surface area contributed by atoms with E-state index in [1.807, 2.05) is 79.7 Å². The number of pyridine rings is 1. The first kappa shape index (κ1) is 32.7. The van der Waals surface area contributed by atoms with Gasteiger partial charge in [-0.25, -0.2) is 4.98 Å². The van der Waals surface area contributed by atoms with Crippen LogP contribution in [0.5, 0.6) is 11.5 Å². The van der Waals surface area contributed by atoms with E-state index >= 15 is 0 Å². The number of nitrogens with zero attached hydrogens (tertiary/aromatic N) is 5. The molecule has 1 unspecified atom stereocenters. The monoisotopic (exact) mass is 940 g/mol. The fraction of sp³-hybridized carbons (Fsp3) is 0.0909. The average molecular weight is 941 g/mol. The molecule has 4 heterocycles. The molecule has 0 aliphatic heterocycles. The lowest BCUT2D eigenvalue weighted by Crippen LogP contribution is -2.31. The Hall–Kier alpha value is -9.00. The number of ether oxygens (including phenoxy) is 1. The van der Waals surface area contributed by atoms with Gasteiger partial charge >= 0.3 is 0 Å². The molecule has 0 aliphatic carbocycles. The average Bonchev–Trinajstić information content (AvgIpc) is 2.69. The van der Waals surface area contributed by atoms with E-state index in [4.69, 9.17) is 23.4 Å². The maximum absolute atomic E-state index is 9.57. The topological polar surface area (TPSA) is 40.8 Å². The van der Waals surface area contributed by atoms with E-state index in [9.17, 15) is 1.37 Å². The van der Waals surface area contributed by atoms with Gasteiger partial charge in [-0.05, 0) is 112 Å². The summed E-state index contributed by atoms with van der Waals surface area (Å²) in [5.41, 5.74) is 7.33. The lowest BCUT2D eigenvalue weighted by Gasteiger charge is -2.27. The summed E-state index contributed by atoms with van der Waals surface area (Å²) in [5.74, 6) is 0.713. The van der Waals surface area contributed by atoms with Gasteiger partial charge in [-0.15, -0.1) is 0 Å². The molecule has 6 heteroatoms. The Morgan fingerprint density at radius 1 is 0.542 bits per heavy atom. The van der Waals surface area contributed by atoms with Crippen LogP contribution in [0.2, 0.25) is 0 Å². The summed E-state index contributed by atoms with van der Waals surface area (Å²) in [4.78, 5) is 4.96. The molecule has 6 nitrogen and oxygen atoms in total. The predicted octanol–water partition coefficient (Wildman–Crippen LogP) is 16.6. The molecule has 0 aliphatic rings. The van der Waals surface area contributed by atoms with Gasteiger partial charge in [0.05, 0.1) is 58.2 Å². The fourth-order valence-electron chi connectivity index (χ4n) is 10.0. The molecule has 0 amide bonds. The first-order valence-corrected chi connectivity index (χ1v) is 23.8. The Morgan fingerprint density at radius 3 is 1.85 bits per heavy atom. The first-order chi connectivity index (χ1) is 39.7. The highest BCUT2D eigenvalue weighted by Gasteiger charge is 2.24. The van der Waals surface area contributed by atoms with Crippen molar-refractivity contribution in [2.75, 3.05) is 0 Å². The van der Waals surface area contributed by atoms with Crippen LogP contribution in [0.25, 0.3) is 99.8 Å². The molecule has 13 aromatic rings. The number of hydrogen-bond acceptors (Lipinski definition) is 2. The Labute approximate surface area is 434 Å². The summed E-state index contributed by atoms with van der Waals surface area (Å²) >= 11 is 0. The second-order valence-corrected chi connectivity index (χ2v) is 18.9. The predicted molar refractivity (Wildman–Crippen MR) is 295 cm³/mol. The van der Waals surface area contributed by atoms with Gasteiger partial charge in [0.25, 0.3) is 6.33 Å². The number of fused-ring (bicyclic) bond motifs is 7. The van der Waals surface area contributed by atoms with E-state index < -0.39 is 66.3 Å². The van der Waals surface area contributed by atoms with Crippen molar-refractivity contribution in [3.63, 3.8) is 0 Å². The zero-order valence-electron chi connectivity index (χ0n) is 50.8. The maximum Gasteiger partial charge on any atom is 0.269 e. The third kappa shape index (κ3) is 7.25. The standard InChI is InChI=1S/C66H51N5O/c1-44(66(2,3)4)47-37-38-67-64(39-47)71-60-36-33-49(70-58-29-13-11-25-54(58)55-26-12-14-30-59(55)70)41-57(60)56-35-34-51(42-63(56)71)72-50-24-17-23-48(40-50)68-43-69(62-32-16-15-31-61(62)68)65-52(45-19-7-5-8-20-45)27-18-28-53(65)46-21-9-6-10-22-46/h5-42,44H,1-4H3/i5D,6D,7D,8D,9D,10D,19D,20D,21D,22D,44D. The molecule has 0 saturated heterocycles. The van der Waals surface area contributed by atoms with Crippen LogP contribution in [0.15, 0.2) is 230 Å². The zero-order chi connectivity index (χ0) is 58.1. The third-order valence-corrected chi connectivity index (χ3v) is 13.8. The van der Waals surface area contributed by atoms with Crippen molar-refractivity contribution in [1.29, 1.82) is 0 Å². The first-order valence-electron chi connectivity index (χ1n) is 29.3. The summed E-state index contributed by atoms with van der Waals surface area (Å²) in [6.45, 7) is 8.15. The van der Waals surface area contributed by atoms with E-state index in [0.717, 1.165) is 54.9 Å². The van der Waals surface area contributed by atoms with Crippen LogP contribution in [0.3, 0.4) is 0 Å². The van der Waals surface area contributed by atoms with Gasteiger partial charge in [0.15, 0.2) is 0 Å². The lowest BCUT2D eigenvalue weighted by atomic mass is 9.78. The van der Waals surface area contributed by atoms with Gasteiger partial charge in [0.1, 0.15) is 17.3 Å². The normalized spacial score (nSPS) is 15.0. The third-order valence-electron chi connectivity index (χ3n) is 13.8. The Balaban J connectivity index is 0.971. The summed E-state index contributed by atoms with van der Waals surface area (Å²) in [7, 11) is 0. The second-order valence-electron chi connectivity index (χ2n) is 18.9. The number of rotatable bonds is 9. The Morgan fingerprint density at radius 2 is 1.15 bits per heavy atom. The molecule has 0 saturated carbocycles. The van der Waals surface area contributed by atoms with Gasteiger partial charge in [-0.3, -0.25) is 13.7 Å². The molecule has 0 N–H and O–H groups in total. The molecule has 346 valence electrons. The SMILES string of the molecule is [2H]c1c([2H])c([2H])c(-c2cccc(-c3c([2H])c([2H])c([2H])c([2H])c3[2H])c2-[n+]2[c-]n(-c3cccc(Oc4ccc5c6cc(-n7c8ccccc8c8ccccc87)ccc6n(-c6cc(C([2H])(C)C(C)(C)C)ccn6)c5c4)c3)c3ccccc32)c([2H])c1[2H]. The van der Waals surface area contributed by atoms with Crippen LogP contribution < -0.4 is 9.30 Å². The number of aromatic nitrogens is 5. The van der Waals surface area contributed by atoms with Crippen molar-refractivity contribution in [3.8, 4) is 56.6 Å². The van der Waals surface area contributed by atoms with Gasteiger partial charge in [-0.1, -0.05) is 173 Å². The molecule has 9 aromatic carbocycles. The minimum absolute atomic E-state index is 0.142. The number of para-hydroxylation sites is 5. The summed E-state index contributed by atoms with van der Waals surface area (Å²) in [5, 5.41) is 4.28. The number of imidazole rings is 1. The van der Waals surface area contributed by atoms with E-state index in [2.05, 4.69) is 109 Å². The van der Waals surface area contributed by atoms with Crippen molar-refractivity contribution >= 4 is 54.6 Å². The van der Waals surface area contributed by atoms with Gasteiger partial charge in [-0.2, -0.15) is 0 Å².